The molecule has 0 spiro atoms. The van der Waals surface area contributed by atoms with Crippen LogP contribution in [0.1, 0.15) is 44.9 Å². The minimum Gasteiger partial charge on any atom is -0.486 e. The summed E-state index contributed by atoms with van der Waals surface area (Å²) in [4.78, 5) is 2.62. The van der Waals surface area contributed by atoms with Crippen LogP contribution < -0.4 is 9.47 Å². The van der Waals surface area contributed by atoms with Crippen LogP contribution in [0, 0.1) is 0 Å². The first kappa shape index (κ1) is 20.3. The summed E-state index contributed by atoms with van der Waals surface area (Å²) in [5.74, 6) is 1.66. The Morgan fingerprint density at radius 2 is 1.72 bits per heavy atom. The molecule has 4 nitrogen and oxygen atoms in total. The topological polar surface area (TPSA) is 30.9 Å². The molecule has 3 rings (SSSR count). The second kappa shape index (κ2) is 11.6. The molecule has 1 aromatic carbocycles. The van der Waals surface area contributed by atoms with Crippen molar-refractivity contribution < 1.29 is 14.2 Å². The molecular weight excluding hydrogens is 338 g/mol. The number of ether oxygens (including phenoxy) is 3. The number of unbranched alkanes of at least 4 members (excludes halogenated alkanes) is 3. The number of halogens is 1. The summed E-state index contributed by atoms with van der Waals surface area (Å²) in [5, 5.41) is 0. The average molecular weight is 370 g/mol. The molecule has 2 heterocycles. The highest BCUT2D eigenvalue weighted by Crippen LogP contribution is 2.30. The molecule has 1 atom stereocenters. The van der Waals surface area contributed by atoms with Gasteiger partial charge in [0.25, 0.3) is 0 Å². The van der Waals surface area contributed by atoms with Gasteiger partial charge in [0.2, 0.25) is 0 Å². The van der Waals surface area contributed by atoms with Gasteiger partial charge < -0.3 is 19.1 Å². The molecule has 0 saturated carbocycles. The van der Waals surface area contributed by atoms with Crippen molar-refractivity contribution >= 4 is 12.4 Å². The molecule has 0 bridgehead atoms. The van der Waals surface area contributed by atoms with Gasteiger partial charge in [0.15, 0.2) is 17.6 Å². The molecule has 5 heteroatoms. The van der Waals surface area contributed by atoms with Crippen molar-refractivity contribution in [3.8, 4) is 11.5 Å². The number of likely N-dealkylation sites (tertiary alicyclic amines) is 1. The van der Waals surface area contributed by atoms with Crippen LogP contribution in [0.4, 0.5) is 0 Å². The van der Waals surface area contributed by atoms with E-state index in [0.29, 0.717) is 13.2 Å². The molecular formula is C20H32ClNO3. The number of benzene rings is 1. The van der Waals surface area contributed by atoms with Gasteiger partial charge in [0, 0.05) is 6.61 Å². The molecule has 1 unspecified atom stereocenters. The van der Waals surface area contributed by atoms with Crippen molar-refractivity contribution in [3.05, 3.63) is 24.3 Å². The van der Waals surface area contributed by atoms with E-state index < -0.39 is 0 Å². The van der Waals surface area contributed by atoms with Crippen LogP contribution in [0.25, 0.3) is 0 Å². The third kappa shape index (κ3) is 7.04. The molecule has 0 aliphatic carbocycles. The van der Waals surface area contributed by atoms with Crippen molar-refractivity contribution in [1.29, 1.82) is 0 Å². The van der Waals surface area contributed by atoms with E-state index in [-0.39, 0.29) is 18.5 Å². The van der Waals surface area contributed by atoms with Crippen LogP contribution in [-0.2, 0) is 4.74 Å². The van der Waals surface area contributed by atoms with E-state index in [9.17, 15) is 0 Å². The van der Waals surface area contributed by atoms with Crippen molar-refractivity contribution in [2.24, 2.45) is 0 Å². The van der Waals surface area contributed by atoms with Gasteiger partial charge in [0.05, 0.1) is 6.61 Å². The molecule has 1 aromatic rings. The Balaban J connectivity index is 0.00000225. The van der Waals surface area contributed by atoms with E-state index in [1.807, 2.05) is 24.3 Å². The zero-order valence-electron chi connectivity index (χ0n) is 15.2. The van der Waals surface area contributed by atoms with E-state index >= 15 is 0 Å². The molecule has 0 aromatic heterocycles. The van der Waals surface area contributed by atoms with E-state index in [2.05, 4.69) is 4.90 Å². The van der Waals surface area contributed by atoms with Crippen LogP contribution in [0.5, 0.6) is 11.5 Å². The Morgan fingerprint density at radius 1 is 0.960 bits per heavy atom. The van der Waals surface area contributed by atoms with E-state index in [4.69, 9.17) is 14.2 Å². The van der Waals surface area contributed by atoms with E-state index in [1.54, 1.807) is 0 Å². The van der Waals surface area contributed by atoms with Crippen LogP contribution in [0.3, 0.4) is 0 Å². The van der Waals surface area contributed by atoms with E-state index in [1.165, 1.54) is 58.2 Å². The summed E-state index contributed by atoms with van der Waals surface area (Å²) in [6.45, 7) is 5.93. The summed E-state index contributed by atoms with van der Waals surface area (Å²) in [6, 6.07) is 7.82. The first-order chi connectivity index (χ1) is 11.9. The van der Waals surface area contributed by atoms with Crippen LogP contribution in [0.15, 0.2) is 24.3 Å². The van der Waals surface area contributed by atoms with Crippen molar-refractivity contribution in [2.45, 2.75) is 51.0 Å². The molecule has 142 valence electrons. The minimum absolute atomic E-state index is 0. The highest BCUT2D eigenvalue weighted by atomic mass is 35.5. The fourth-order valence-corrected chi connectivity index (χ4v) is 3.44. The second-order valence-corrected chi connectivity index (χ2v) is 6.89. The number of piperidine rings is 1. The molecule has 0 radical (unpaired) electrons. The monoisotopic (exact) mass is 369 g/mol. The second-order valence-electron chi connectivity index (χ2n) is 6.89. The number of nitrogens with zero attached hydrogens (tertiary/aromatic N) is 1. The molecule has 0 amide bonds. The molecule has 2 aliphatic heterocycles. The number of hydrogen-bond acceptors (Lipinski definition) is 4. The lowest BCUT2D eigenvalue weighted by atomic mass is 10.1. The normalized spacial score (nSPS) is 20.1. The maximum Gasteiger partial charge on any atom is 0.161 e. The average Bonchev–Trinajstić information content (AvgIpc) is 2.64. The standard InChI is InChI=1S/C20H31NO3.ClH/c1(6-12-21-13-7-3-8-14-21)2-9-15-22-16-18-17-23-19-10-4-5-11-20(19)24-18;/h4-5,10-11,18H,1-3,6-9,12-17H2;1H. The molecule has 1 saturated heterocycles. The molecule has 2 aliphatic rings. The third-order valence-corrected chi connectivity index (χ3v) is 4.83. The smallest absolute Gasteiger partial charge is 0.161 e. The van der Waals surface area contributed by atoms with Crippen molar-refractivity contribution in [3.63, 3.8) is 0 Å². The first-order valence-electron chi connectivity index (χ1n) is 9.60. The van der Waals surface area contributed by atoms with Crippen LogP contribution in [-0.4, -0.2) is 50.5 Å². The van der Waals surface area contributed by atoms with Crippen molar-refractivity contribution in [2.75, 3.05) is 39.5 Å². The quantitative estimate of drug-likeness (QED) is 0.607. The predicted octanol–water partition coefficient (Wildman–Crippen LogP) is 4.31. The van der Waals surface area contributed by atoms with Gasteiger partial charge in [-0.1, -0.05) is 31.4 Å². The highest BCUT2D eigenvalue weighted by Gasteiger charge is 2.20. The summed E-state index contributed by atoms with van der Waals surface area (Å²) < 4.78 is 17.4. The zero-order chi connectivity index (χ0) is 16.5. The molecule has 0 N–H and O–H groups in total. The first-order valence-corrected chi connectivity index (χ1v) is 9.60. The van der Waals surface area contributed by atoms with Crippen LogP contribution >= 0.6 is 12.4 Å². The summed E-state index contributed by atoms with van der Waals surface area (Å²) in [6.07, 6.45) is 9.28. The minimum atomic E-state index is 0. The van der Waals surface area contributed by atoms with Gasteiger partial charge in [-0.2, -0.15) is 0 Å². The SMILES string of the molecule is Cl.c1ccc2c(c1)OCC(COCCCCCCN1CCCCC1)O2. The van der Waals surface area contributed by atoms with Gasteiger partial charge in [-0.15, -0.1) is 12.4 Å². The van der Waals surface area contributed by atoms with Gasteiger partial charge in [-0.3, -0.25) is 0 Å². The maximum atomic E-state index is 5.89. The Bertz CT molecular complexity index is 480. The van der Waals surface area contributed by atoms with Gasteiger partial charge in [-0.25, -0.2) is 0 Å². The highest BCUT2D eigenvalue weighted by molar-refractivity contribution is 5.85. The zero-order valence-corrected chi connectivity index (χ0v) is 16.0. The summed E-state index contributed by atoms with van der Waals surface area (Å²) in [5.41, 5.74) is 0. The largest absolute Gasteiger partial charge is 0.486 e. The number of para-hydroxylation sites is 2. The van der Waals surface area contributed by atoms with E-state index in [0.717, 1.165) is 24.5 Å². The lowest BCUT2D eigenvalue weighted by molar-refractivity contribution is 0.00776. The van der Waals surface area contributed by atoms with Crippen molar-refractivity contribution in [1.82, 2.24) is 4.90 Å². The Hall–Kier alpha value is -0.970. The van der Waals surface area contributed by atoms with Gasteiger partial charge in [0.1, 0.15) is 6.61 Å². The summed E-state index contributed by atoms with van der Waals surface area (Å²) >= 11 is 0. The fraction of sp³-hybridized carbons (Fsp3) is 0.700. The lowest BCUT2D eigenvalue weighted by Crippen LogP contribution is -2.33. The number of fused-ring (bicyclic) bond motifs is 1. The lowest BCUT2D eigenvalue weighted by Gasteiger charge is -2.26. The number of rotatable bonds is 9. The molecule has 1 fully saturated rings. The van der Waals surface area contributed by atoms with Gasteiger partial charge in [-0.05, 0) is 57.5 Å². The Kier molecular flexibility index (Phi) is 9.45. The fourth-order valence-electron chi connectivity index (χ4n) is 3.44. The third-order valence-electron chi connectivity index (χ3n) is 4.83. The summed E-state index contributed by atoms with van der Waals surface area (Å²) in [7, 11) is 0. The predicted molar refractivity (Wildman–Crippen MR) is 103 cm³/mol. The molecule has 25 heavy (non-hydrogen) atoms. The van der Waals surface area contributed by atoms with Crippen LogP contribution in [0.2, 0.25) is 0 Å². The number of hydrogen-bond donors (Lipinski definition) is 0. The Labute approximate surface area is 158 Å². The van der Waals surface area contributed by atoms with Gasteiger partial charge >= 0.3 is 0 Å². The maximum absolute atomic E-state index is 5.89. The Morgan fingerprint density at radius 3 is 2.56 bits per heavy atom.